The molecule has 2 bridgehead atoms. The van der Waals surface area contributed by atoms with E-state index in [1.54, 1.807) is 24.5 Å². The monoisotopic (exact) mass is 407 g/mol. The van der Waals surface area contributed by atoms with Crippen LogP contribution in [0, 0.1) is 5.82 Å². The molecular weight excluding hydrogens is 385 g/mol. The fourth-order valence-electron chi connectivity index (χ4n) is 4.60. The standard InChI is InChI=1S/C22H22FN5O2/c23-17-3-1-14(2-4-17)13-25-22(29)28-18-5-6-19(28)12-16(11-18)21-26-20(27-30-21)15-7-9-24-10-8-15/h1-4,7-10,16,18-19H,5-6,11-13H2,(H,25,29)/t16?,18-,19+. The van der Waals surface area contributed by atoms with Crippen LogP contribution in [0.25, 0.3) is 11.4 Å². The highest BCUT2D eigenvalue weighted by molar-refractivity contribution is 5.75. The number of pyridine rings is 1. The Morgan fingerprint density at radius 2 is 1.80 bits per heavy atom. The summed E-state index contributed by atoms with van der Waals surface area (Å²) in [7, 11) is 0. The zero-order valence-corrected chi connectivity index (χ0v) is 16.4. The highest BCUT2D eigenvalue weighted by Gasteiger charge is 2.45. The predicted octanol–water partition coefficient (Wildman–Crippen LogP) is 3.89. The van der Waals surface area contributed by atoms with E-state index in [0.29, 0.717) is 18.3 Å². The van der Waals surface area contributed by atoms with Crippen LogP contribution in [0.1, 0.15) is 43.1 Å². The average molecular weight is 407 g/mol. The molecule has 3 aromatic rings. The molecule has 2 aromatic heterocycles. The Hall–Kier alpha value is -3.29. The topological polar surface area (TPSA) is 84.2 Å². The minimum atomic E-state index is -0.279. The summed E-state index contributed by atoms with van der Waals surface area (Å²) in [6.45, 7) is 0.386. The average Bonchev–Trinajstić information content (AvgIpc) is 3.37. The van der Waals surface area contributed by atoms with Crippen molar-refractivity contribution in [2.75, 3.05) is 0 Å². The van der Waals surface area contributed by atoms with Crippen LogP contribution in [0.4, 0.5) is 9.18 Å². The van der Waals surface area contributed by atoms with Crippen LogP contribution in [0.2, 0.25) is 0 Å². The molecule has 0 aliphatic carbocycles. The highest BCUT2D eigenvalue weighted by Crippen LogP contribution is 2.42. The Morgan fingerprint density at radius 1 is 1.10 bits per heavy atom. The van der Waals surface area contributed by atoms with Gasteiger partial charge < -0.3 is 14.7 Å². The first-order valence-electron chi connectivity index (χ1n) is 10.2. The van der Waals surface area contributed by atoms with Gasteiger partial charge in [-0.05, 0) is 55.5 Å². The number of piperidine rings is 1. The Bertz CT molecular complexity index is 1010. The van der Waals surface area contributed by atoms with E-state index in [-0.39, 0.29) is 29.8 Å². The van der Waals surface area contributed by atoms with Crippen LogP contribution >= 0.6 is 0 Å². The molecule has 0 spiro atoms. The summed E-state index contributed by atoms with van der Waals surface area (Å²) in [4.78, 5) is 23.4. The van der Waals surface area contributed by atoms with Gasteiger partial charge in [0.2, 0.25) is 11.7 Å². The number of hydrogen-bond acceptors (Lipinski definition) is 5. The van der Waals surface area contributed by atoms with E-state index in [0.717, 1.165) is 36.8 Å². The molecule has 2 fully saturated rings. The van der Waals surface area contributed by atoms with Crippen molar-refractivity contribution in [2.24, 2.45) is 0 Å². The number of urea groups is 1. The summed E-state index contributed by atoms with van der Waals surface area (Å²) in [6.07, 6.45) is 7.01. The number of amides is 2. The largest absolute Gasteiger partial charge is 0.339 e. The molecule has 2 amide bonds. The van der Waals surface area contributed by atoms with Crippen LogP contribution in [-0.4, -0.2) is 38.1 Å². The predicted molar refractivity (Wildman–Crippen MR) is 107 cm³/mol. The van der Waals surface area contributed by atoms with Gasteiger partial charge in [0.15, 0.2) is 0 Å². The summed E-state index contributed by atoms with van der Waals surface area (Å²) in [5.74, 6) is 1.09. The Balaban J connectivity index is 1.23. The van der Waals surface area contributed by atoms with Gasteiger partial charge in [0.05, 0.1) is 0 Å². The first kappa shape index (κ1) is 18.7. The number of aromatic nitrogens is 3. The maximum absolute atomic E-state index is 13.0. The fraction of sp³-hybridized carbons (Fsp3) is 0.364. The molecule has 0 radical (unpaired) electrons. The summed E-state index contributed by atoms with van der Waals surface area (Å²) in [5.41, 5.74) is 1.75. The van der Waals surface area contributed by atoms with E-state index in [4.69, 9.17) is 4.52 Å². The second kappa shape index (κ2) is 7.85. The molecule has 1 N–H and O–H groups in total. The SMILES string of the molecule is O=C(NCc1ccc(F)cc1)N1[C@@H]2CC[C@H]1CC(c1nc(-c3ccncc3)no1)C2. The Labute approximate surface area is 173 Å². The van der Waals surface area contributed by atoms with Crippen molar-refractivity contribution < 1.29 is 13.7 Å². The van der Waals surface area contributed by atoms with Gasteiger partial charge in [-0.15, -0.1) is 0 Å². The number of halogens is 1. The van der Waals surface area contributed by atoms with Crippen LogP contribution in [0.15, 0.2) is 53.3 Å². The zero-order chi connectivity index (χ0) is 20.5. The quantitative estimate of drug-likeness (QED) is 0.709. The van der Waals surface area contributed by atoms with Crippen LogP contribution in [0.5, 0.6) is 0 Å². The van der Waals surface area contributed by atoms with Gasteiger partial charge in [-0.25, -0.2) is 9.18 Å². The molecule has 4 heterocycles. The molecule has 3 atom stereocenters. The third kappa shape index (κ3) is 3.65. The molecule has 30 heavy (non-hydrogen) atoms. The Morgan fingerprint density at radius 3 is 2.50 bits per heavy atom. The van der Waals surface area contributed by atoms with E-state index in [1.165, 1.54) is 12.1 Å². The Kier molecular flexibility index (Phi) is 4.90. The van der Waals surface area contributed by atoms with Gasteiger partial charge in [-0.1, -0.05) is 17.3 Å². The number of fused-ring (bicyclic) bond motifs is 2. The van der Waals surface area contributed by atoms with Crippen molar-refractivity contribution in [1.29, 1.82) is 0 Å². The molecule has 0 saturated carbocycles. The smallest absolute Gasteiger partial charge is 0.318 e. The first-order chi connectivity index (χ1) is 14.7. The molecule has 2 saturated heterocycles. The van der Waals surface area contributed by atoms with E-state index < -0.39 is 0 Å². The van der Waals surface area contributed by atoms with E-state index >= 15 is 0 Å². The number of nitrogens with zero attached hydrogens (tertiary/aromatic N) is 4. The molecule has 1 aromatic carbocycles. The van der Waals surface area contributed by atoms with Crippen LogP contribution in [0.3, 0.4) is 0 Å². The van der Waals surface area contributed by atoms with Gasteiger partial charge in [0, 0.05) is 42.5 Å². The van der Waals surface area contributed by atoms with Crippen molar-refractivity contribution >= 4 is 6.03 Å². The lowest BCUT2D eigenvalue weighted by molar-refractivity contribution is 0.130. The van der Waals surface area contributed by atoms with E-state index in [1.807, 2.05) is 17.0 Å². The molecule has 8 heteroatoms. The number of nitrogens with one attached hydrogen (secondary N) is 1. The lowest BCUT2D eigenvalue weighted by atomic mass is 9.91. The maximum atomic E-state index is 13.0. The van der Waals surface area contributed by atoms with Crippen molar-refractivity contribution in [1.82, 2.24) is 25.3 Å². The van der Waals surface area contributed by atoms with Gasteiger partial charge in [0.1, 0.15) is 5.82 Å². The van der Waals surface area contributed by atoms with Crippen LogP contribution < -0.4 is 5.32 Å². The third-order valence-corrected chi connectivity index (χ3v) is 6.05. The van der Waals surface area contributed by atoms with Gasteiger partial charge in [-0.3, -0.25) is 4.98 Å². The summed E-state index contributed by atoms with van der Waals surface area (Å²) >= 11 is 0. The van der Waals surface area contributed by atoms with Gasteiger partial charge in [0.25, 0.3) is 0 Å². The molecule has 7 nitrogen and oxygen atoms in total. The number of benzene rings is 1. The van der Waals surface area contributed by atoms with Crippen molar-refractivity contribution in [3.05, 3.63) is 66.1 Å². The van der Waals surface area contributed by atoms with Crippen molar-refractivity contribution in [3.8, 4) is 11.4 Å². The van der Waals surface area contributed by atoms with E-state index in [2.05, 4.69) is 20.4 Å². The van der Waals surface area contributed by atoms with Crippen LogP contribution in [-0.2, 0) is 6.54 Å². The molecular formula is C22H22FN5O2. The second-order valence-corrected chi connectivity index (χ2v) is 7.94. The molecule has 1 unspecified atom stereocenters. The first-order valence-corrected chi connectivity index (χ1v) is 10.2. The van der Waals surface area contributed by atoms with Gasteiger partial charge >= 0.3 is 6.03 Å². The number of hydrogen-bond donors (Lipinski definition) is 1. The maximum Gasteiger partial charge on any atom is 0.318 e. The van der Waals surface area contributed by atoms with Crippen molar-refractivity contribution in [2.45, 2.75) is 50.2 Å². The number of carbonyl (C=O) groups is 1. The summed E-state index contributed by atoms with van der Waals surface area (Å²) in [5, 5.41) is 7.10. The molecule has 154 valence electrons. The molecule has 5 rings (SSSR count). The second-order valence-electron chi connectivity index (χ2n) is 7.94. The lowest BCUT2D eigenvalue weighted by Crippen LogP contribution is -2.50. The normalized spacial score (nSPS) is 22.8. The van der Waals surface area contributed by atoms with Gasteiger partial charge in [-0.2, -0.15) is 4.98 Å². The summed E-state index contributed by atoms with van der Waals surface area (Å²) < 4.78 is 18.6. The number of rotatable bonds is 4. The minimum Gasteiger partial charge on any atom is -0.339 e. The highest BCUT2D eigenvalue weighted by atomic mass is 19.1. The molecule has 2 aliphatic rings. The lowest BCUT2D eigenvalue weighted by Gasteiger charge is -2.37. The molecule has 2 aliphatic heterocycles. The summed E-state index contributed by atoms with van der Waals surface area (Å²) in [6, 6.07) is 10.2. The fourth-order valence-corrected chi connectivity index (χ4v) is 4.60. The minimum absolute atomic E-state index is 0.0618. The number of carbonyl (C=O) groups excluding carboxylic acids is 1. The van der Waals surface area contributed by atoms with Crippen molar-refractivity contribution in [3.63, 3.8) is 0 Å². The zero-order valence-electron chi connectivity index (χ0n) is 16.4. The third-order valence-electron chi connectivity index (χ3n) is 6.05. The van der Waals surface area contributed by atoms with E-state index in [9.17, 15) is 9.18 Å².